The summed E-state index contributed by atoms with van der Waals surface area (Å²) >= 11 is 0. The molecule has 0 heterocycles. The Balaban J connectivity index is 2.10. The van der Waals surface area contributed by atoms with Crippen molar-refractivity contribution in [2.24, 2.45) is 0 Å². The molecule has 0 bridgehead atoms. The van der Waals surface area contributed by atoms with Crippen molar-refractivity contribution in [2.45, 2.75) is 19.9 Å². The summed E-state index contributed by atoms with van der Waals surface area (Å²) in [6, 6.07) is 8.62. The third-order valence-corrected chi connectivity index (χ3v) is 2.98. The first-order chi connectivity index (χ1) is 11.3. The molecule has 0 saturated heterocycles. The standard InChI is InChI=1S/C17H17F2N3O2/c1-10(2)20-17(24)21-13-5-3-4-11(8-13)16(23)22-15-7-6-12(18)9-14(15)19/h3-10H,1-2H3,(H,22,23)(H2,20,21,24). The van der Waals surface area contributed by atoms with Gasteiger partial charge in [-0.25, -0.2) is 13.6 Å². The molecule has 24 heavy (non-hydrogen) atoms. The number of benzene rings is 2. The predicted molar refractivity (Wildman–Crippen MR) is 88.0 cm³/mol. The van der Waals surface area contributed by atoms with Crippen molar-refractivity contribution in [1.29, 1.82) is 0 Å². The Morgan fingerprint density at radius 3 is 2.42 bits per heavy atom. The van der Waals surface area contributed by atoms with E-state index in [2.05, 4.69) is 16.0 Å². The lowest BCUT2D eigenvalue weighted by atomic mass is 10.2. The Kier molecular flexibility index (Phi) is 5.47. The van der Waals surface area contributed by atoms with Gasteiger partial charge in [-0.1, -0.05) is 6.07 Å². The van der Waals surface area contributed by atoms with Gasteiger partial charge in [0, 0.05) is 23.4 Å². The number of carbonyl (C=O) groups is 2. The first-order valence-corrected chi connectivity index (χ1v) is 7.29. The van der Waals surface area contributed by atoms with Gasteiger partial charge in [-0.2, -0.15) is 0 Å². The second-order valence-corrected chi connectivity index (χ2v) is 5.41. The number of rotatable bonds is 4. The maximum absolute atomic E-state index is 13.6. The van der Waals surface area contributed by atoms with Crippen LogP contribution in [0, 0.1) is 11.6 Å². The van der Waals surface area contributed by atoms with Crippen LogP contribution >= 0.6 is 0 Å². The number of urea groups is 1. The molecule has 0 saturated carbocycles. The van der Waals surface area contributed by atoms with Crippen molar-refractivity contribution in [3.05, 3.63) is 59.7 Å². The van der Waals surface area contributed by atoms with E-state index in [9.17, 15) is 18.4 Å². The smallest absolute Gasteiger partial charge is 0.319 e. The third-order valence-electron chi connectivity index (χ3n) is 2.98. The molecule has 2 aromatic carbocycles. The van der Waals surface area contributed by atoms with E-state index in [1.54, 1.807) is 12.1 Å². The highest BCUT2D eigenvalue weighted by molar-refractivity contribution is 6.05. The molecule has 0 aliphatic carbocycles. The quantitative estimate of drug-likeness (QED) is 0.797. The second-order valence-electron chi connectivity index (χ2n) is 5.41. The molecule has 0 fully saturated rings. The molecule has 3 N–H and O–H groups in total. The van der Waals surface area contributed by atoms with E-state index in [4.69, 9.17) is 0 Å². The predicted octanol–water partition coefficient (Wildman–Crippen LogP) is 3.75. The zero-order valence-electron chi connectivity index (χ0n) is 13.2. The van der Waals surface area contributed by atoms with Gasteiger partial charge >= 0.3 is 6.03 Å². The zero-order valence-corrected chi connectivity index (χ0v) is 13.2. The zero-order chi connectivity index (χ0) is 17.7. The van der Waals surface area contributed by atoms with E-state index in [-0.39, 0.29) is 17.3 Å². The van der Waals surface area contributed by atoms with Crippen LogP contribution in [0.3, 0.4) is 0 Å². The Hall–Kier alpha value is -2.96. The van der Waals surface area contributed by atoms with Crippen LogP contribution in [0.1, 0.15) is 24.2 Å². The molecule has 7 heteroatoms. The molecule has 3 amide bonds. The second kappa shape index (κ2) is 7.54. The largest absolute Gasteiger partial charge is 0.336 e. The first-order valence-electron chi connectivity index (χ1n) is 7.29. The summed E-state index contributed by atoms with van der Waals surface area (Å²) in [4.78, 5) is 23.8. The van der Waals surface area contributed by atoms with Crippen molar-refractivity contribution in [3.63, 3.8) is 0 Å². The van der Waals surface area contributed by atoms with Crippen LogP contribution in [0.25, 0.3) is 0 Å². The van der Waals surface area contributed by atoms with Gasteiger partial charge in [-0.05, 0) is 44.2 Å². The van der Waals surface area contributed by atoms with E-state index >= 15 is 0 Å². The number of hydrogen-bond donors (Lipinski definition) is 3. The molecule has 0 aliphatic rings. The summed E-state index contributed by atoms with van der Waals surface area (Å²) in [6.45, 7) is 3.64. The number of nitrogens with one attached hydrogen (secondary N) is 3. The van der Waals surface area contributed by atoms with Gasteiger partial charge in [0.05, 0.1) is 5.69 Å². The molecule has 2 rings (SSSR count). The maximum Gasteiger partial charge on any atom is 0.319 e. The Morgan fingerprint density at radius 2 is 1.75 bits per heavy atom. The molecule has 126 valence electrons. The fraction of sp³-hybridized carbons (Fsp3) is 0.176. The highest BCUT2D eigenvalue weighted by Crippen LogP contribution is 2.17. The normalized spacial score (nSPS) is 10.4. The van der Waals surface area contributed by atoms with E-state index < -0.39 is 23.6 Å². The van der Waals surface area contributed by atoms with E-state index in [1.807, 2.05) is 13.8 Å². The van der Waals surface area contributed by atoms with Crippen LogP contribution in [0.15, 0.2) is 42.5 Å². The van der Waals surface area contributed by atoms with E-state index in [0.29, 0.717) is 11.8 Å². The molecule has 0 spiro atoms. The lowest BCUT2D eigenvalue weighted by Crippen LogP contribution is -2.34. The number of halogens is 2. The number of hydrogen-bond acceptors (Lipinski definition) is 2. The van der Waals surface area contributed by atoms with Crippen molar-refractivity contribution in [2.75, 3.05) is 10.6 Å². The number of amides is 3. The summed E-state index contributed by atoms with van der Waals surface area (Å²) in [5.74, 6) is -2.17. The average Bonchev–Trinajstić information content (AvgIpc) is 2.49. The minimum atomic E-state index is -0.867. The van der Waals surface area contributed by atoms with Crippen LogP contribution in [0.5, 0.6) is 0 Å². The molecular weight excluding hydrogens is 316 g/mol. The highest BCUT2D eigenvalue weighted by Gasteiger charge is 2.11. The molecular formula is C17H17F2N3O2. The molecule has 0 aromatic heterocycles. The van der Waals surface area contributed by atoms with Gasteiger partial charge in [-0.15, -0.1) is 0 Å². The van der Waals surface area contributed by atoms with Crippen molar-refractivity contribution < 1.29 is 18.4 Å². The third kappa shape index (κ3) is 4.77. The molecule has 0 unspecified atom stereocenters. The van der Waals surface area contributed by atoms with Crippen LogP contribution in [-0.2, 0) is 0 Å². The van der Waals surface area contributed by atoms with Gasteiger partial charge < -0.3 is 16.0 Å². The van der Waals surface area contributed by atoms with Crippen molar-refractivity contribution in [1.82, 2.24) is 5.32 Å². The summed E-state index contributed by atoms with van der Waals surface area (Å²) in [6.07, 6.45) is 0. The van der Waals surface area contributed by atoms with E-state index in [1.165, 1.54) is 12.1 Å². The average molecular weight is 333 g/mol. The van der Waals surface area contributed by atoms with Crippen molar-refractivity contribution >= 4 is 23.3 Å². The number of anilines is 2. The van der Waals surface area contributed by atoms with Gasteiger partial charge in [0.25, 0.3) is 5.91 Å². The van der Waals surface area contributed by atoms with Gasteiger partial charge in [-0.3, -0.25) is 4.79 Å². The van der Waals surface area contributed by atoms with Crippen LogP contribution < -0.4 is 16.0 Å². The fourth-order valence-corrected chi connectivity index (χ4v) is 1.95. The monoisotopic (exact) mass is 333 g/mol. The molecule has 0 aliphatic heterocycles. The Morgan fingerprint density at radius 1 is 1.00 bits per heavy atom. The van der Waals surface area contributed by atoms with Gasteiger partial charge in [0.1, 0.15) is 11.6 Å². The summed E-state index contributed by atoms with van der Waals surface area (Å²) in [7, 11) is 0. The van der Waals surface area contributed by atoms with Gasteiger partial charge in [0.2, 0.25) is 0 Å². The maximum atomic E-state index is 13.6. The van der Waals surface area contributed by atoms with Crippen LogP contribution in [0.4, 0.5) is 25.0 Å². The van der Waals surface area contributed by atoms with Crippen LogP contribution in [-0.4, -0.2) is 18.0 Å². The molecule has 0 atom stereocenters. The Bertz CT molecular complexity index is 763. The lowest BCUT2D eigenvalue weighted by molar-refractivity contribution is 0.102. The topological polar surface area (TPSA) is 70.2 Å². The first kappa shape index (κ1) is 17.4. The van der Waals surface area contributed by atoms with Gasteiger partial charge in [0.15, 0.2) is 0 Å². The minimum absolute atomic E-state index is 0.0297. The molecule has 5 nitrogen and oxygen atoms in total. The summed E-state index contributed by atoms with van der Waals surface area (Å²) < 4.78 is 26.5. The summed E-state index contributed by atoms with van der Waals surface area (Å²) in [5.41, 5.74) is 0.513. The van der Waals surface area contributed by atoms with Crippen molar-refractivity contribution in [3.8, 4) is 0 Å². The van der Waals surface area contributed by atoms with E-state index in [0.717, 1.165) is 12.1 Å². The summed E-state index contributed by atoms with van der Waals surface area (Å²) in [5, 5.41) is 7.61. The SMILES string of the molecule is CC(C)NC(=O)Nc1cccc(C(=O)Nc2ccc(F)cc2F)c1. The Labute approximate surface area is 138 Å². The number of carbonyl (C=O) groups excluding carboxylic acids is 2. The molecule has 2 aromatic rings. The fourth-order valence-electron chi connectivity index (χ4n) is 1.95. The lowest BCUT2D eigenvalue weighted by Gasteiger charge is -2.11. The molecule has 0 radical (unpaired) electrons. The van der Waals surface area contributed by atoms with Crippen LogP contribution in [0.2, 0.25) is 0 Å². The highest BCUT2D eigenvalue weighted by atomic mass is 19.1. The minimum Gasteiger partial charge on any atom is -0.336 e.